The van der Waals surface area contributed by atoms with E-state index in [0.29, 0.717) is 23.5 Å². The van der Waals surface area contributed by atoms with Crippen LogP contribution in [0.25, 0.3) is 0 Å². The summed E-state index contributed by atoms with van der Waals surface area (Å²) in [6, 6.07) is 0. The normalized spacial score (nSPS) is 35.6. The zero-order chi connectivity index (χ0) is 29.0. The summed E-state index contributed by atoms with van der Waals surface area (Å²) in [4.78, 5) is 0. The van der Waals surface area contributed by atoms with E-state index >= 15 is 0 Å². The van der Waals surface area contributed by atoms with Crippen LogP contribution in [-0.2, 0) is 17.9 Å². The molecule has 3 saturated carbocycles. The molecule has 4 aliphatic carbocycles. The van der Waals surface area contributed by atoms with Crippen LogP contribution in [0.4, 0.5) is 0 Å². The van der Waals surface area contributed by atoms with E-state index in [1.807, 2.05) is 4.68 Å². The highest BCUT2D eigenvalue weighted by molar-refractivity contribution is 9.09. The number of fused-ring (bicyclic) bond motifs is 5. The molecular formula is C36H60BrN3O. The minimum atomic E-state index is 0.330. The molecular weight excluding hydrogens is 570 g/mol. The van der Waals surface area contributed by atoms with Crippen molar-refractivity contribution in [3.05, 3.63) is 23.5 Å². The van der Waals surface area contributed by atoms with E-state index in [-0.39, 0.29) is 0 Å². The van der Waals surface area contributed by atoms with Gasteiger partial charge in [0.05, 0.1) is 18.9 Å². The Kier molecular flexibility index (Phi) is 10.8. The van der Waals surface area contributed by atoms with Gasteiger partial charge >= 0.3 is 0 Å². The second-order valence-corrected chi connectivity index (χ2v) is 16.3. The summed E-state index contributed by atoms with van der Waals surface area (Å²) < 4.78 is 8.49. The molecule has 1 heterocycles. The van der Waals surface area contributed by atoms with Gasteiger partial charge in [0.2, 0.25) is 0 Å². The Morgan fingerprint density at radius 2 is 1.80 bits per heavy atom. The highest BCUT2D eigenvalue weighted by atomic mass is 79.9. The first kappa shape index (κ1) is 31.7. The van der Waals surface area contributed by atoms with E-state index in [2.05, 4.69) is 73.1 Å². The van der Waals surface area contributed by atoms with Gasteiger partial charge in [-0.05, 0) is 111 Å². The standard InChI is InChI=1S/C36H60BrN3O/c1-26(2)11-10-12-27(3)32-15-16-33-31-14-13-28-23-30(17-19-35(28,4)34(31)18-20-36(32,33)5)41-25-29-24-40(39-38-29)22-9-7-6-8-21-37/h13,24,26-27,30-34H,6-12,14-23,25H2,1-5H3/t27-,30+,31+,32-,33+,34+,35+,36-/m1/s1. The van der Waals surface area contributed by atoms with Crippen LogP contribution in [0.1, 0.15) is 137 Å². The summed E-state index contributed by atoms with van der Waals surface area (Å²) in [7, 11) is 0. The van der Waals surface area contributed by atoms with Crippen molar-refractivity contribution in [3.8, 4) is 0 Å². The molecule has 232 valence electrons. The molecule has 0 amide bonds. The van der Waals surface area contributed by atoms with Crippen molar-refractivity contribution < 1.29 is 4.74 Å². The van der Waals surface area contributed by atoms with Crippen molar-refractivity contribution in [2.45, 2.75) is 150 Å². The van der Waals surface area contributed by atoms with Crippen molar-refractivity contribution in [2.75, 3.05) is 5.33 Å². The molecule has 4 nitrogen and oxygen atoms in total. The third kappa shape index (κ3) is 7.02. The molecule has 0 aromatic carbocycles. The lowest BCUT2D eigenvalue weighted by molar-refractivity contribution is -0.0658. The number of aromatic nitrogens is 3. The van der Waals surface area contributed by atoms with Crippen molar-refractivity contribution >= 4 is 15.9 Å². The predicted octanol–water partition coefficient (Wildman–Crippen LogP) is 10.2. The van der Waals surface area contributed by atoms with Crippen LogP contribution < -0.4 is 0 Å². The molecule has 0 radical (unpaired) electrons. The molecule has 0 unspecified atom stereocenters. The van der Waals surface area contributed by atoms with Crippen LogP contribution in [-0.4, -0.2) is 26.4 Å². The first-order valence-electron chi connectivity index (χ1n) is 17.5. The van der Waals surface area contributed by atoms with Gasteiger partial charge in [0.1, 0.15) is 5.69 Å². The van der Waals surface area contributed by atoms with Gasteiger partial charge in [-0.2, -0.15) is 0 Å². The van der Waals surface area contributed by atoms with Gasteiger partial charge in [0.15, 0.2) is 0 Å². The van der Waals surface area contributed by atoms with Gasteiger partial charge in [-0.25, -0.2) is 0 Å². The molecule has 0 saturated heterocycles. The fourth-order valence-corrected chi connectivity index (χ4v) is 10.6. The summed E-state index contributed by atoms with van der Waals surface area (Å²) in [6.45, 7) is 14.3. The van der Waals surface area contributed by atoms with Crippen LogP contribution in [0.5, 0.6) is 0 Å². The Morgan fingerprint density at radius 3 is 2.61 bits per heavy atom. The molecule has 1 aromatic rings. The van der Waals surface area contributed by atoms with Crippen molar-refractivity contribution in [1.29, 1.82) is 0 Å². The lowest BCUT2D eigenvalue weighted by Gasteiger charge is -2.58. The molecule has 0 bridgehead atoms. The molecule has 5 rings (SSSR count). The van der Waals surface area contributed by atoms with Crippen LogP contribution in [0.15, 0.2) is 17.8 Å². The molecule has 3 fully saturated rings. The van der Waals surface area contributed by atoms with E-state index in [9.17, 15) is 0 Å². The lowest BCUT2D eigenvalue weighted by Crippen LogP contribution is -2.51. The third-order valence-corrected chi connectivity index (χ3v) is 13.1. The minimum Gasteiger partial charge on any atom is -0.371 e. The number of rotatable bonds is 14. The Balaban J connectivity index is 1.14. The van der Waals surface area contributed by atoms with E-state index < -0.39 is 0 Å². The first-order chi connectivity index (χ1) is 19.7. The number of unbranched alkanes of at least 4 members (excludes halogenated alkanes) is 3. The van der Waals surface area contributed by atoms with Gasteiger partial charge < -0.3 is 4.74 Å². The van der Waals surface area contributed by atoms with Gasteiger partial charge in [0, 0.05) is 11.9 Å². The number of hydrogen-bond donors (Lipinski definition) is 0. The second-order valence-electron chi connectivity index (χ2n) is 15.5. The number of halogens is 1. The molecule has 5 heteroatoms. The fraction of sp³-hybridized carbons (Fsp3) is 0.889. The average Bonchev–Trinajstić information content (AvgIpc) is 3.55. The second kappa shape index (κ2) is 14.0. The zero-order valence-electron chi connectivity index (χ0n) is 27.1. The fourth-order valence-electron chi connectivity index (χ4n) is 10.2. The van der Waals surface area contributed by atoms with Crippen molar-refractivity contribution in [2.24, 2.45) is 46.3 Å². The topological polar surface area (TPSA) is 39.9 Å². The number of nitrogens with zero attached hydrogens (tertiary/aromatic N) is 3. The van der Waals surface area contributed by atoms with E-state index in [4.69, 9.17) is 4.74 Å². The Bertz CT molecular complexity index is 1000. The van der Waals surface area contributed by atoms with Gasteiger partial charge in [-0.3, -0.25) is 4.68 Å². The number of aryl methyl sites for hydroxylation is 1. The summed E-state index contributed by atoms with van der Waals surface area (Å²) in [5.74, 6) is 5.41. The molecule has 8 atom stereocenters. The van der Waals surface area contributed by atoms with Crippen LogP contribution in [0, 0.1) is 46.3 Å². The first-order valence-corrected chi connectivity index (χ1v) is 18.6. The Morgan fingerprint density at radius 1 is 0.976 bits per heavy atom. The maximum absolute atomic E-state index is 6.48. The average molecular weight is 631 g/mol. The molecule has 1 aromatic heterocycles. The largest absolute Gasteiger partial charge is 0.371 e. The zero-order valence-corrected chi connectivity index (χ0v) is 28.6. The van der Waals surface area contributed by atoms with E-state index in [0.717, 1.165) is 59.5 Å². The van der Waals surface area contributed by atoms with Gasteiger partial charge in [0.25, 0.3) is 0 Å². The van der Waals surface area contributed by atoms with E-state index in [1.165, 1.54) is 89.9 Å². The molecule has 0 spiro atoms. The van der Waals surface area contributed by atoms with Crippen LogP contribution in [0.3, 0.4) is 0 Å². The molecule has 0 aliphatic heterocycles. The summed E-state index contributed by atoms with van der Waals surface area (Å²) >= 11 is 3.52. The smallest absolute Gasteiger partial charge is 0.108 e. The number of alkyl halides is 1. The SMILES string of the molecule is CC(C)CCC[C@@H](C)[C@H]1CC[C@H]2[C@@H]3CC=C4C[C@@H](OCc5cn(CCCCCCBr)nn5)CC[C@]4(C)[C@H]3CC[C@]12C. The maximum Gasteiger partial charge on any atom is 0.108 e. The molecule has 4 aliphatic rings. The maximum atomic E-state index is 6.48. The summed E-state index contributed by atoms with van der Waals surface area (Å²) in [5, 5.41) is 9.87. The van der Waals surface area contributed by atoms with Gasteiger partial charge in [-0.15, -0.1) is 5.10 Å². The lowest BCUT2D eigenvalue weighted by atomic mass is 9.47. The number of ether oxygens (including phenoxy) is 1. The minimum absolute atomic E-state index is 0.330. The molecule has 41 heavy (non-hydrogen) atoms. The Labute approximate surface area is 260 Å². The highest BCUT2D eigenvalue weighted by Gasteiger charge is 2.59. The molecule has 0 N–H and O–H groups in total. The Hall–Kier alpha value is -0.680. The monoisotopic (exact) mass is 629 g/mol. The summed E-state index contributed by atoms with van der Waals surface area (Å²) in [6.07, 6.45) is 25.2. The third-order valence-electron chi connectivity index (χ3n) is 12.6. The van der Waals surface area contributed by atoms with E-state index in [1.54, 1.807) is 5.57 Å². The van der Waals surface area contributed by atoms with Crippen molar-refractivity contribution in [1.82, 2.24) is 15.0 Å². The van der Waals surface area contributed by atoms with Crippen LogP contribution >= 0.6 is 15.9 Å². The summed E-state index contributed by atoms with van der Waals surface area (Å²) in [5.41, 5.74) is 3.67. The van der Waals surface area contributed by atoms with Crippen LogP contribution in [0.2, 0.25) is 0 Å². The van der Waals surface area contributed by atoms with Gasteiger partial charge in [-0.1, -0.05) is 99.5 Å². The number of allylic oxidation sites excluding steroid dienone is 1. The predicted molar refractivity (Wildman–Crippen MR) is 174 cm³/mol. The quantitative estimate of drug-likeness (QED) is 0.117. The van der Waals surface area contributed by atoms with Crippen molar-refractivity contribution in [3.63, 3.8) is 0 Å². The highest BCUT2D eigenvalue weighted by Crippen LogP contribution is 2.67. The number of hydrogen-bond acceptors (Lipinski definition) is 3.